The van der Waals surface area contributed by atoms with Crippen molar-refractivity contribution in [3.8, 4) is 0 Å². The van der Waals surface area contributed by atoms with Gasteiger partial charge in [-0.2, -0.15) is 0 Å². The summed E-state index contributed by atoms with van der Waals surface area (Å²) in [5, 5.41) is 11.5. The van der Waals surface area contributed by atoms with Crippen molar-refractivity contribution in [2.24, 2.45) is 0 Å². The van der Waals surface area contributed by atoms with Gasteiger partial charge in [0.25, 0.3) is 11.2 Å². The lowest BCUT2D eigenvalue weighted by Gasteiger charge is -2.30. The van der Waals surface area contributed by atoms with Crippen LogP contribution >= 0.6 is 0 Å². The molecule has 0 fully saturated rings. The van der Waals surface area contributed by atoms with E-state index in [1.165, 1.54) is 6.07 Å². The Kier molecular flexibility index (Phi) is 6.25. The standard InChI is InChI=1S/C28H26N4O3/c1-20-29-25-16-17-30(18-23-14-8-9-15-26(23)32(34)35)19-24(25)28(33)31(20)27(21-10-4-2-5-11-21)22-12-6-3-7-13-22/h2-15,27H,16-19H2,1H3. The smallest absolute Gasteiger partial charge is 0.273 e. The molecule has 35 heavy (non-hydrogen) atoms. The Labute approximate surface area is 203 Å². The zero-order valence-electron chi connectivity index (χ0n) is 19.5. The van der Waals surface area contributed by atoms with E-state index in [4.69, 9.17) is 4.98 Å². The van der Waals surface area contributed by atoms with Crippen molar-refractivity contribution in [1.82, 2.24) is 14.5 Å². The summed E-state index contributed by atoms with van der Waals surface area (Å²) in [7, 11) is 0. The number of nitrogens with zero attached hydrogens (tertiary/aromatic N) is 4. The molecule has 0 bridgehead atoms. The van der Waals surface area contributed by atoms with Crippen LogP contribution in [0.5, 0.6) is 0 Å². The van der Waals surface area contributed by atoms with Gasteiger partial charge in [-0.25, -0.2) is 4.98 Å². The lowest BCUT2D eigenvalue weighted by molar-refractivity contribution is -0.385. The molecule has 0 saturated carbocycles. The summed E-state index contributed by atoms with van der Waals surface area (Å²) >= 11 is 0. The fraction of sp³-hybridized carbons (Fsp3) is 0.214. The van der Waals surface area contributed by atoms with Gasteiger partial charge in [-0.15, -0.1) is 0 Å². The lowest BCUT2D eigenvalue weighted by Crippen LogP contribution is -2.40. The second kappa shape index (κ2) is 9.64. The molecule has 3 aromatic carbocycles. The highest BCUT2D eigenvalue weighted by Crippen LogP contribution is 2.28. The number of nitro benzene ring substituents is 1. The molecule has 7 nitrogen and oxygen atoms in total. The molecule has 1 aromatic heterocycles. The predicted molar refractivity (Wildman–Crippen MR) is 134 cm³/mol. The first-order chi connectivity index (χ1) is 17.0. The largest absolute Gasteiger partial charge is 0.294 e. The number of para-hydroxylation sites is 1. The highest BCUT2D eigenvalue weighted by molar-refractivity contribution is 5.40. The van der Waals surface area contributed by atoms with E-state index in [2.05, 4.69) is 4.90 Å². The molecule has 0 aliphatic carbocycles. The van der Waals surface area contributed by atoms with Crippen LogP contribution in [0.3, 0.4) is 0 Å². The zero-order valence-corrected chi connectivity index (χ0v) is 19.5. The van der Waals surface area contributed by atoms with Gasteiger partial charge in [-0.1, -0.05) is 78.9 Å². The van der Waals surface area contributed by atoms with E-state index >= 15 is 0 Å². The molecule has 0 amide bonds. The number of hydrogen-bond acceptors (Lipinski definition) is 5. The maximum Gasteiger partial charge on any atom is 0.273 e. The highest BCUT2D eigenvalue weighted by atomic mass is 16.6. The molecule has 1 aliphatic heterocycles. The second-order valence-electron chi connectivity index (χ2n) is 8.83. The molecule has 0 atom stereocenters. The van der Waals surface area contributed by atoms with Crippen LogP contribution in [-0.2, 0) is 19.5 Å². The van der Waals surface area contributed by atoms with E-state index < -0.39 is 0 Å². The van der Waals surface area contributed by atoms with Crippen molar-refractivity contribution in [3.63, 3.8) is 0 Å². The van der Waals surface area contributed by atoms with Crippen LogP contribution in [0.1, 0.15) is 39.8 Å². The molecule has 0 saturated heterocycles. The van der Waals surface area contributed by atoms with E-state index in [-0.39, 0.29) is 22.2 Å². The monoisotopic (exact) mass is 466 g/mol. The Morgan fingerprint density at radius 3 is 2.17 bits per heavy atom. The minimum absolute atomic E-state index is 0.0579. The molecular weight excluding hydrogens is 440 g/mol. The van der Waals surface area contributed by atoms with Gasteiger partial charge < -0.3 is 0 Å². The lowest BCUT2D eigenvalue weighted by atomic mass is 9.97. The molecule has 0 unspecified atom stereocenters. The zero-order chi connectivity index (χ0) is 24.4. The first-order valence-electron chi connectivity index (χ1n) is 11.7. The van der Waals surface area contributed by atoms with Gasteiger partial charge in [0.15, 0.2) is 0 Å². The Balaban J connectivity index is 1.55. The highest BCUT2D eigenvalue weighted by Gasteiger charge is 2.27. The number of fused-ring (bicyclic) bond motifs is 1. The minimum Gasteiger partial charge on any atom is -0.294 e. The van der Waals surface area contributed by atoms with Gasteiger partial charge in [0, 0.05) is 37.7 Å². The third-order valence-corrected chi connectivity index (χ3v) is 6.59. The van der Waals surface area contributed by atoms with Crippen LogP contribution in [0.2, 0.25) is 0 Å². The molecule has 4 aromatic rings. The molecule has 5 rings (SSSR count). The van der Waals surface area contributed by atoms with Gasteiger partial charge in [0.1, 0.15) is 5.82 Å². The number of aryl methyl sites for hydroxylation is 1. The van der Waals surface area contributed by atoms with Crippen LogP contribution in [0.15, 0.2) is 89.7 Å². The van der Waals surface area contributed by atoms with Gasteiger partial charge in [0.2, 0.25) is 0 Å². The van der Waals surface area contributed by atoms with Gasteiger partial charge in [0.05, 0.1) is 22.2 Å². The number of rotatable bonds is 6. The van der Waals surface area contributed by atoms with Crippen LogP contribution in [0.25, 0.3) is 0 Å². The summed E-state index contributed by atoms with van der Waals surface area (Å²) in [4.78, 5) is 32.1. The molecule has 7 heteroatoms. The summed E-state index contributed by atoms with van der Waals surface area (Å²) in [5.41, 5.74) is 4.20. The number of benzene rings is 3. The Hall–Kier alpha value is -4.10. The minimum atomic E-state index is -0.352. The molecule has 0 radical (unpaired) electrons. The molecule has 0 spiro atoms. The maximum absolute atomic E-state index is 14.0. The predicted octanol–water partition coefficient (Wildman–Crippen LogP) is 4.66. The van der Waals surface area contributed by atoms with Gasteiger partial charge in [-0.3, -0.25) is 24.4 Å². The van der Waals surface area contributed by atoms with E-state index in [1.807, 2.05) is 73.7 Å². The summed E-state index contributed by atoms with van der Waals surface area (Å²) in [6.45, 7) is 3.39. The SMILES string of the molecule is Cc1nc2c(c(=O)n1C(c1ccccc1)c1ccccc1)CN(Cc1ccccc1[N+](=O)[O-])CC2. The van der Waals surface area contributed by atoms with Gasteiger partial charge >= 0.3 is 0 Å². The van der Waals surface area contributed by atoms with Crippen molar-refractivity contribution in [1.29, 1.82) is 0 Å². The molecule has 0 N–H and O–H groups in total. The van der Waals surface area contributed by atoms with Crippen molar-refractivity contribution in [2.45, 2.75) is 32.5 Å². The third-order valence-electron chi connectivity index (χ3n) is 6.59. The summed E-state index contributed by atoms with van der Waals surface area (Å²) < 4.78 is 1.79. The van der Waals surface area contributed by atoms with E-state index in [0.717, 1.165) is 16.8 Å². The number of aromatic nitrogens is 2. The number of nitro groups is 1. The maximum atomic E-state index is 14.0. The normalized spacial score (nSPS) is 13.5. The number of hydrogen-bond donors (Lipinski definition) is 0. The van der Waals surface area contributed by atoms with Crippen molar-refractivity contribution >= 4 is 5.69 Å². The Morgan fingerprint density at radius 1 is 0.943 bits per heavy atom. The molecule has 2 heterocycles. The fourth-order valence-electron chi connectivity index (χ4n) is 4.93. The summed E-state index contributed by atoms with van der Waals surface area (Å²) in [6, 6.07) is 26.5. The fourth-order valence-corrected chi connectivity index (χ4v) is 4.93. The van der Waals surface area contributed by atoms with E-state index in [9.17, 15) is 14.9 Å². The van der Waals surface area contributed by atoms with Crippen LogP contribution in [-0.4, -0.2) is 25.9 Å². The quantitative estimate of drug-likeness (QED) is 0.305. The van der Waals surface area contributed by atoms with E-state index in [0.29, 0.717) is 43.0 Å². The van der Waals surface area contributed by atoms with Crippen LogP contribution < -0.4 is 5.56 Å². The molecular formula is C28H26N4O3. The average molecular weight is 467 g/mol. The topological polar surface area (TPSA) is 81.3 Å². The van der Waals surface area contributed by atoms with Crippen molar-refractivity contribution in [3.05, 3.63) is 139 Å². The Bertz CT molecular complexity index is 1380. The van der Waals surface area contributed by atoms with Gasteiger partial charge in [-0.05, 0) is 18.1 Å². The third kappa shape index (κ3) is 4.50. The van der Waals surface area contributed by atoms with Crippen LogP contribution in [0.4, 0.5) is 5.69 Å². The first-order valence-corrected chi connectivity index (χ1v) is 11.7. The first kappa shape index (κ1) is 22.7. The molecule has 176 valence electrons. The summed E-state index contributed by atoms with van der Waals surface area (Å²) in [6.07, 6.45) is 0.633. The van der Waals surface area contributed by atoms with Crippen molar-refractivity contribution < 1.29 is 4.92 Å². The van der Waals surface area contributed by atoms with E-state index in [1.54, 1.807) is 16.7 Å². The van der Waals surface area contributed by atoms with Crippen LogP contribution in [0, 0.1) is 17.0 Å². The molecule has 1 aliphatic rings. The Morgan fingerprint density at radius 2 is 1.54 bits per heavy atom. The second-order valence-corrected chi connectivity index (χ2v) is 8.83. The summed E-state index contributed by atoms with van der Waals surface area (Å²) in [5.74, 6) is 0.679. The average Bonchev–Trinajstić information content (AvgIpc) is 2.88. The van der Waals surface area contributed by atoms with Crippen molar-refractivity contribution in [2.75, 3.05) is 6.54 Å².